The summed E-state index contributed by atoms with van der Waals surface area (Å²) in [5, 5.41) is 5.46. The molecule has 1 radical (unpaired) electrons. The monoisotopic (exact) mass is 695 g/mol. The Kier molecular flexibility index (Phi) is 11.6. The highest BCUT2D eigenvalue weighted by atomic mass is 16.5. The van der Waals surface area contributed by atoms with E-state index in [1.165, 1.54) is 4.90 Å². The van der Waals surface area contributed by atoms with Crippen molar-refractivity contribution in [3.8, 4) is 11.5 Å². The number of hydrogen-bond donors (Lipinski definition) is 2. The van der Waals surface area contributed by atoms with Crippen LogP contribution < -0.4 is 20.1 Å². The molecular weight excluding hydrogens is 656 g/mol. The third kappa shape index (κ3) is 9.02. The van der Waals surface area contributed by atoms with E-state index in [9.17, 15) is 19.2 Å². The van der Waals surface area contributed by atoms with Crippen LogP contribution in [-0.2, 0) is 34.0 Å². The lowest BCUT2D eigenvalue weighted by Gasteiger charge is -2.33. The first-order valence-corrected chi connectivity index (χ1v) is 17.0. The number of nitrogens with zero attached hydrogens (tertiary/aromatic N) is 2. The summed E-state index contributed by atoms with van der Waals surface area (Å²) in [6, 6.07) is 39.0. The van der Waals surface area contributed by atoms with Crippen molar-refractivity contribution in [2.24, 2.45) is 0 Å². The molecule has 6 rings (SSSR count). The summed E-state index contributed by atoms with van der Waals surface area (Å²) in [5.41, 5.74) is 4.52. The van der Waals surface area contributed by atoms with Gasteiger partial charge < -0.3 is 25.0 Å². The molecule has 5 aromatic rings. The molecular formula is C42H39N4O6. The fourth-order valence-corrected chi connectivity index (χ4v) is 5.75. The third-order valence-corrected chi connectivity index (χ3v) is 8.64. The number of hydrogen-bond acceptors (Lipinski definition) is 6. The maximum absolute atomic E-state index is 13.4. The highest BCUT2D eigenvalue weighted by molar-refractivity contribution is 6.38. The third-order valence-electron chi connectivity index (χ3n) is 8.64. The molecule has 52 heavy (non-hydrogen) atoms. The number of piperazine rings is 1. The molecule has 1 saturated heterocycles. The number of imide groups is 1. The van der Waals surface area contributed by atoms with Gasteiger partial charge in [-0.25, -0.2) is 4.79 Å². The van der Waals surface area contributed by atoms with Gasteiger partial charge in [0.25, 0.3) is 5.91 Å². The highest BCUT2D eigenvalue weighted by Gasteiger charge is 2.37. The Balaban J connectivity index is 1.09. The van der Waals surface area contributed by atoms with Gasteiger partial charge in [0.05, 0.1) is 0 Å². The van der Waals surface area contributed by atoms with Gasteiger partial charge >= 0.3 is 17.8 Å². The van der Waals surface area contributed by atoms with Crippen LogP contribution in [0, 0.1) is 6.92 Å². The normalized spacial score (nSPS) is 13.3. The minimum absolute atomic E-state index is 0.0288. The van der Waals surface area contributed by atoms with Gasteiger partial charge in [-0.3, -0.25) is 19.3 Å². The van der Waals surface area contributed by atoms with Gasteiger partial charge in [0.15, 0.2) is 11.5 Å². The molecule has 1 aliphatic rings. The van der Waals surface area contributed by atoms with E-state index in [1.807, 2.05) is 78.9 Å². The Morgan fingerprint density at radius 2 is 1.27 bits per heavy atom. The maximum atomic E-state index is 13.4. The van der Waals surface area contributed by atoms with E-state index >= 15 is 0 Å². The Labute approximate surface area is 303 Å². The van der Waals surface area contributed by atoms with Crippen LogP contribution in [0.25, 0.3) is 0 Å². The van der Waals surface area contributed by atoms with E-state index in [4.69, 9.17) is 9.47 Å². The molecule has 1 unspecified atom stereocenters. The molecule has 2 N–H and O–H groups in total. The molecule has 0 aromatic heterocycles. The molecule has 0 aliphatic carbocycles. The van der Waals surface area contributed by atoms with Gasteiger partial charge in [0, 0.05) is 25.3 Å². The van der Waals surface area contributed by atoms with Crippen molar-refractivity contribution in [1.82, 2.24) is 15.1 Å². The Morgan fingerprint density at radius 3 is 1.92 bits per heavy atom. The summed E-state index contributed by atoms with van der Waals surface area (Å²) < 4.78 is 12.3. The fraction of sp³-hybridized carbons (Fsp3) is 0.167. The topological polar surface area (TPSA) is 117 Å². The number of ether oxygens (including phenoxy) is 2. The minimum Gasteiger partial charge on any atom is -0.485 e. The number of benzene rings is 5. The van der Waals surface area contributed by atoms with Crippen LogP contribution in [0.4, 0.5) is 10.5 Å². The molecule has 1 atom stereocenters. The molecule has 5 aromatic carbocycles. The zero-order valence-electron chi connectivity index (χ0n) is 28.6. The first-order valence-electron chi connectivity index (χ1n) is 17.0. The summed E-state index contributed by atoms with van der Waals surface area (Å²) in [6.45, 7) is 5.02. The predicted molar refractivity (Wildman–Crippen MR) is 197 cm³/mol. The van der Waals surface area contributed by atoms with E-state index in [-0.39, 0.29) is 19.6 Å². The lowest BCUT2D eigenvalue weighted by molar-refractivity contribution is -0.153. The smallest absolute Gasteiger partial charge is 0.325 e. The standard InChI is InChI=1S/C42H39N4O6/c1-30-13-11-12-20-35(30)43-39(47)38(34-18-9-4-10-19-34)44-42(50)46-26-25-45(40(48)41(46)49)24-23-31-21-22-36(51-28-32-14-5-2-6-15-32)37(27-31)52-29-33-16-7-3-8-17-33/h2-22,27,38H,1,23-26,28-29H2,(H,43,47)(H,44,50). The molecule has 0 spiro atoms. The Morgan fingerprint density at radius 1 is 0.673 bits per heavy atom. The van der Waals surface area contributed by atoms with Crippen LogP contribution in [0.5, 0.6) is 11.5 Å². The van der Waals surface area contributed by atoms with Gasteiger partial charge in [0.2, 0.25) is 0 Å². The zero-order valence-corrected chi connectivity index (χ0v) is 28.6. The van der Waals surface area contributed by atoms with Crippen LogP contribution >= 0.6 is 0 Å². The first kappa shape index (κ1) is 35.4. The summed E-state index contributed by atoms with van der Waals surface area (Å²) in [5.74, 6) is -1.12. The van der Waals surface area contributed by atoms with Crippen LogP contribution in [0.15, 0.2) is 133 Å². The summed E-state index contributed by atoms with van der Waals surface area (Å²) in [7, 11) is 0. The number of anilines is 1. The van der Waals surface area contributed by atoms with Crippen molar-refractivity contribution in [3.05, 3.63) is 168 Å². The summed E-state index contributed by atoms with van der Waals surface area (Å²) in [4.78, 5) is 55.6. The second kappa shape index (κ2) is 17.0. The lowest BCUT2D eigenvalue weighted by Crippen LogP contribution is -2.59. The average molecular weight is 696 g/mol. The van der Waals surface area contributed by atoms with E-state index in [0.717, 1.165) is 21.6 Å². The van der Waals surface area contributed by atoms with Crippen LogP contribution in [-0.4, -0.2) is 53.2 Å². The van der Waals surface area contributed by atoms with Crippen molar-refractivity contribution in [3.63, 3.8) is 0 Å². The highest BCUT2D eigenvalue weighted by Crippen LogP contribution is 2.31. The van der Waals surface area contributed by atoms with Crippen molar-refractivity contribution in [2.45, 2.75) is 25.7 Å². The number of amides is 5. The van der Waals surface area contributed by atoms with Crippen molar-refractivity contribution in [1.29, 1.82) is 0 Å². The fourth-order valence-electron chi connectivity index (χ4n) is 5.75. The van der Waals surface area contributed by atoms with Crippen molar-refractivity contribution in [2.75, 3.05) is 25.0 Å². The number of nitrogens with one attached hydrogen (secondary N) is 2. The largest absolute Gasteiger partial charge is 0.485 e. The molecule has 0 bridgehead atoms. The summed E-state index contributed by atoms with van der Waals surface area (Å²) >= 11 is 0. The van der Waals surface area contributed by atoms with Gasteiger partial charge in [0.1, 0.15) is 19.3 Å². The van der Waals surface area contributed by atoms with E-state index < -0.39 is 29.8 Å². The zero-order chi connectivity index (χ0) is 36.3. The Bertz CT molecular complexity index is 2010. The van der Waals surface area contributed by atoms with Crippen LogP contribution in [0.1, 0.15) is 33.9 Å². The molecule has 263 valence electrons. The molecule has 10 heteroatoms. The quantitative estimate of drug-likeness (QED) is 0.139. The SMILES string of the molecule is [CH2]c1ccccc1NC(=O)C(NC(=O)N1CCN(CCc2ccc(OCc3ccccc3)c(OCc3ccccc3)c2)C(=O)C1=O)c1ccccc1. The van der Waals surface area contributed by atoms with Gasteiger partial charge in [-0.05, 0) is 59.4 Å². The second-order valence-electron chi connectivity index (χ2n) is 12.3. The van der Waals surface area contributed by atoms with E-state index in [0.29, 0.717) is 47.9 Å². The minimum atomic E-state index is -1.13. The number of carbonyl (C=O) groups excluding carboxylic acids is 4. The maximum Gasteiger partial charge on any atom is 0.325 e. The number of carbonyl (C=O) groups is 4. The number of urea groups is 1. The van der Waals surface area contributed by atoms with Gasteiger partial charge in [-0.1, -0.05) is 115 Å². The summed E-state index contributed by atoms with van der Waals surface area (Å²) in [6.07, 6.45) is 0.440. The van der Waals surface area contributed by atoms with E-state index in [1.54, 1.807) is 54.6 Å². The molecule has 1 heterocycles. The van der Waals surface area contributed by atoms with E-state index in [2.05, 4.69) is 17.6 Å². The number of rotatable bonds is 13. The van der Waals surface area contributed by atoms with Crippen LogP contribution in [0.3, 0.4) is 0 Å². The van der Waals surface area contributed by atoms with Gasteiger partial charge in [-0.15, -0.1) is 0 Å². The van der Waals surface area contributed by atoms with Crippen molar-refractivity contribution < 1.29 is 28.7 Å². The first-order chi connectivity index (χ1) is 25.4. The average Bonchev–Trinajstić information content (AvgIpc) is 3.18. The molecule has 10 nitrogen and oxygen atoms in total. The molecule has 1 fully saturated rings. The molecule has 1 aliphatic heterocycles. The molecule has 0 saturated carbocycles. The predicted octanol–water partition coefficient (Wildman–Crippen LogP) is 6.33. The number of para-hydroxylation sites is 1. The Hall–Kier alpha value is -6.42. The van der Waals surface area contributed by atoms with Gasteiger partial charge in [-0.2, -0.15) is 0 Å². The van der Waals surface area contributed by atoms with Crippen LogP contribution in [0.2, 0.25) is 0 Å². The van der Waals surface area contributed by atoms with Crippen molar-refractivity contribution >= 4 is 29.4 Å². The second-order valence-corrected chi connectivity index (χ2v) is 12.3. The molecule has 5 amide bonds. The lowest BCUT2D eigenvalue weighted by atomic mass is 10.1.